The highest BCUT2D eigenvalue weighted by atomic mass is 32.2. The molecule has 0 unspecified atom stereocenters. The van der Waals surface area contributed by atoms with Gasteiger partial charge in [-0.1, -0.05) is 36.0 Å². The molecule has 0 atom stereocenters. The number of rotatable bonds is 6. The van der Waals surface area contributed by atoms with Gasteiger partial charge in [0.1, 0.15) is 5.75 Å². The van der Waals surface area contributed by atoms with Gasteiger partial charge in [0, 0.05) is 10.9 Å². The highest BCUT2D eigenvalue weighted by molar-refractivity contribution is 7.99. The molecule has 0 N–H and O–H groups in total. The lowest BCUT2D eigenvalue weighted by Gasteiger charge is -2.05. The lowest BCUT2D eigenvalue weighted by atomic mass is 10.1. The van der Waals surface area contributed by atoms with Crippen LogP contribution in [0.1, 0.15) is 17.3 Å². The van der Waals surface area contributed by atoms with Gasteiger partial charge >= 0.3 is 0 Å². The Morgan fingerprint density at radius 3 is 2.61 bits per heavy atom. The molecule has 0 saturated heterocycles. The number of carbonyl (C=O) groups excluding carboxylic acids is 1. The molecule has 3 rings (SSSR count). The zero-order valence-electron chi connectivity index (χ0n) is 12.9. The first-order valence-electron chi connectivity index (χ1n) is 7.51. The van der Waals surface area contributed by atoms with Gasteiger partial charge < -0.3 is 4.74 Å². The van der Waals surface area contributed by atoms with Gasteiger partial charge in [-0.05, 0) is 43.3 Å². The Balaban J connectivity index is 1.65. The van der Waals surface area contributed by atoms with E-state index in [-0.39, 0.29) is 5.78 Å². The molecule has 0 aliphatic heterocycles. The monoisotopic (exact) mass is 323 g/mol. The topological polar surface area (TPSA) is 39.2 Å². The maximum absolute atomic E-state index is 12.3. The van der Waals surface area contributed by atoms with Gasteiger partial charge in [-0.2, -0.15) is 0 Å². The third-order valence-electron chi connectivity index (χ3n) is 3.41. The Labute approximate surface area is 139 Å². The highest BCUT2D eigenvalue weighted by Crippen LogP contribution is 2.21. The molecule has 1 aromatic heterocycles. The molecule has 4 heteroatoms. The number of fused-ring (bicyclic) bond motifs is 1. The number of hydrogen-bond acceptors (Lipinski definition) is 4. The number of pyridine rings is 1. The van der Waals surface area contributed by atoms with Crippen molar-refractivity contribution in [2.24, 2.45) is 0 Å². The molecular formula is C19H17NO2S. The minimum atomic E-state index is 0.0907. The average Bonchev–Trinajstić information content (AvgIpc) is 2.60. The second-order valence-electron chi connectivity index (χ2n) is 5.01. The summed E-state index contributed by atoms with van der Waals surface area (Å²) < 4.78 is 5.38. The van der Waals surface area contributed by atoms with Gasteiger partial charge in [-0.15, -0.1) is 0 Å². The van der Waals surface area contributed by atoms with Gasteiger partial charge in [-0.25, -0.2) is 4.98 Å². The number of ketones is 1. The number of nitrogens with zero attached hydrogens (tertiary/aromatic N) is 1. The molecule has 0 aliphatic carbocycles. The van der Waals surface area contributed by atoms with E-state index in [9.17, 15) is 4.79 Å². The fourth-order valence-electron chi connectivity index (χ4n) is 2.25. The van der Waals surface area contributed by atoms with Crippen molar-refractivity contribution in [3.05, 3.63) is 66.2 Å². The van der Waals surface area contributed by atoms with Crippen molar-refractivity contribution in [1.29, 1.82) is 0 Å². The van der Waals surface area contributed by atoms with Crippen LogP contribution in [0.25, 0.3) is 10.9 Å². The number of carbonyl (C=O) groups is 1. The lowest BCUT2D eigenvalue weighted by Crippen LogP contribution is -2.02. The molecule has 0 fully saturated rings. The van der Waals surface area contributed by atoms with Crippen LogP contribution in [0.2, 0.25) is 0 Å². The van der Waals surface area contributed by atoms with Crippen molar-refractivity contribution in [1.82, 2.24) is 4.98 Å². The molecule has 1 heterocycles. The van der Waals surface area contributed by atoms with E-state index >= 15 is 0 Å². The predicted octanol–water partition coefficient (Wildman–Crippen LogP) is 4.61. The maximum Gasteiger partial charge on any atom is 0.173 e. The quantitative estimate of drug-likeness (QED) is 0.490. The number of thioether (sulfide) groups is 1. The minimum absolute atomic E-state index is 0.0907. The van der Waals surface area contributed by atoms with Crippen molar-refractivity contribution in [2.45, 2.75) is 11.9 Å². The largest absolute Gasteiger partial charge is 0.494 e. The highest BCUT2D eigenvalue weighted by Gasteiger charge is 2.08. The van der Waals surface area contributed by atoms with Crippen molar-refractivity contribution in [3.63, 3.8) is 0 Å². The summed E-state index contributed by atoms with van der Waals surface area (Å²) in [6, 6.07) is 19.2. The first-order valence-corrected chi connectivity index (χ1v) is 8.49. The van der Waals surface area contributed by atoms with Crippen LogP contribution < -0.4 is 4.74 Å². The Morgan fingerprint density at radius 1 is 1.04 bits per heavy atom. The third-order valence-corrected chi connectivity index (χ3v) is 4.34. The van der Waals surface area contributed by atoms with E-state index in [1.54, 1.807) is 0 Å². The predicted molar refractivity (Wildman–Crippen MR) is 94.4 cm³/mol. The van der Waals surface area contributed by atoms with Gasteiger partial charge in [0.15, 0.2) is 5.78 Å². The molecule has 0 aliphatic rings. The van der Waals surface area contributed by atoms with E-state index in [1.807, 2.05) is 67.6 Å². The van der Waals surface area contributed by atoms with E-state index in [1.165, 1.54) is 11.8 Å². The van der Waals surface area contributed by atoms with Gasteiger partial charge in [0.05, 0.1) is 22.9 Å². The van der Waals surface area contributed by atoms with Crippen LogP contribution in [-0.2, 0) is 0 Å². The fourth-order valence-corrected chi connectivity index (χ4v) is 3.03. The average molecular weight is 323 g/mol. The number of aromatic nitrogens is 1. The SMILES string of the molecule is CCOc1ccc(C(=O)CSc2ccc3ccccc3n2)cc1. The standard InChI is InChI=1S/C19H17NO2S/c1-2-22-16-10-7-15(8-11-16)18(21)13-23-19-12-9-14-5-3-4-6-17(14)20-19/h3-12H,2,13H2,1H3. The smallest absolute Gasteiger partial charge is 0.173 e. The molecule has 0 spiro atoms. The fraction of sp³-hybridized carbons (Fsp3) is 0.158. The molecule has 3 aromatic rings. The molecule has 23 heavy (non-hydrogen) atoms. The normalized spacial score (nSPS) is 10.7. The molecular weight excluding hydrogens is 306 g/mol. The summed E-state index contributed by atoms with van der Waals surface area (Å²) in [6.45, 7) is 2.56. The summed E-state index contributed by atoms with van der Waals surface area (Å²) in [7, 11) is 0. The van der Waals surface area contributed by atoms with Crippen molar-refractivity contribution < 1.29 is 9.53 Å². The summed E-state index contributed by atoms with van der Waals surface area (Å²) >= 11 is 1.46. The lowest BCUT2D eigenvalue weighted by molar-refractivity contribution is 0.102. The second-order valence-corrected chi connectivity index (χ2v) is 6.01. The molecule has 0 radical (unpaired) electrons. The molecule has 3 nitrogen and oxygen atoms in total. The van der Waals surface area contributed by atoms with Gasteiger partial charge in [0.25, 0.3) is 0 Å². The van der Waals surface area contributed by atoms with Crippen LogP contribution in [0.5, 0.6) is 5.75 Å². The van der Waals surface area contributed by atoms with Crippen LogP contribution in [-0.4, -0.2) is 23.1 Å². The Kier molecular flexibility index (Phi) is 4.93. The minimum Gasteiger partial charge on any atom is -0.494 e. The Morgan fingerprint density at radius 2 is 1.83 bits per heavy atom. The summed E-state index contributed by atoms with van der Waals surface area (Å²) in [5, 5.41) is 1.97. The summed E-state index contributed by atoms with van der Waals surface area (Å²) in [5.74, 6) is 1.25. The number of hydrogen-bond donors (Lipinski definition) is 0. The number of ether oxygens (including phenoxy) is 1. The molecule has 2 aromatic carbocycles. The van der Waals surface area contributed by atoms with Crippen LogP contribution in [0.4, 0.5) is 0 Å². The Hall–Kier alpha value is -2.33. The second kappa shape index (κ2) is 7.29. The molecule has 116 valence electrons. The Bertz CT molecular complexity index is 815. The van der Waals surface area contributed by atoms with E-state index in [0.29, 0.717) is 17.9 Å². The maximum atomic E-state index is 12.3. The van der Waals surface area contributed by atoms with Crippen molar-refractivity contribution >= 4 is 28.4 Å². The van der Waals surface area contributed by atoms with Crippen LogP contribution in [0.3, 0.4) is 0 Å². The van der Waals surface area contributed by atoms with Crippen molar-refractivity contribution in [3.8, 4) is 5.75 Å². The van der Waals surface area contributed by atoms with E-state index in [0.717, 1.165) is 21.7 Å². The van der Waals surface area contributed by atoms with Crippen LogP contribution in [0.15, 0.2) is 65.7 Å². The number of Topliss-reactive ketones (excluding diaryl/α,β-unsaturated/α-hetero) is 1. The summed E-state index contributed by atoms with van der Waals surface area (Å²) in [4.78, 5) is 16.8. The van der Waals surface area contributed by atoms with Crippen molar-refractivity contribution in [2.75, 3.05) is 12.4 Å². The van der Waals surface area contributed by atoms with E-state index in [4.69, 9.17) is 4.74 Å². The zero-order valence-corrected chi connectivity index (χ0v) is 13.7. The first-order chi connectivity index (χ1) is 11.3. The van der Waals surface area contributed by atoms with Crippen LogP contribution in [0, 0.1) is 0 Å². The van der Waals surface area contributed by atoms with Gasteiger partial charge in [-0.3, -0.25) is 4.79 Å². The van der Waals surface area contributed by atoms with E-state index < -0.39 is 0 Å². The number of benzene rings is 2. The molecule has 0 saturated carbocycles. The first kappa shape index (κ1) is 15.6. The summed E-state index contributed by atoms with van der Waals surface area (Å²) in [6.07, 6.45) is 0. The third kappa shape index (κ3) is 3.90. The van der Waals surface area contributed by atoms with Gasteiger partial charge in [0.2, 0.25) is 0 Å². The number of para-hydroxylation sites is 1. The summed E-state index contributed by atoms with van der Waals surface area (Å²) in [5.41, 5.74) is 1.65. The molecule has 0 amide bonds. The molecule has 0 bridgehead atoms. The van der Waals surface area contributed by atoms with Crippen LogP contribution >= 0.6 is 11.8 Å². The zero-order chi connectivity index (χ0) is 16.1. The van der Waals surface area contributed by atoms with E-state index in [2.05, 4.69) is 4.98 Å².